The second-order valence-corrected chi connectivity index (χ2v) is 3.56. The maximum atomic E-state index is 5.45. The normalized spacial score (nSPS) is 27.8. The summed E-state index contributed by atoms with van der Waals surface area (Å²) in [6, 6.07) is 0.414. The fourth-order valence-corrected chi connectivity index (χ4v) is 1.71. The van der Waals surface area contributed by atoms with Crippen molar-refractivity contribution in [3.8, 4) is 0 Å². The highest BCUT2D eigenvalue weighted by molar-refractivity contribution is 4.79. The minimum absolute atomic E-state index is 0.414. The number of ether oxygens (including phenoxy) is 1. The van der Waals surface area contributed by atoms with Gasteiger partial charge < -0.3 is 4.74 Å². The Morgan fingerprint density at radius 1 is 1.55 bits per heavy atom. The molecule has 0 aliphatic carbocycles. The molecule has 1 heterocycles. The Morgan fingerprint density at radius 3 is 2.64 bits per heavy atom. The van der Waals surface area contributed by atoms with Gasteiger partial charge in [-0.3, -0.25) is 11.3 Å². The lowest BCUT2D eigenvalue weighted by atomic mass is 9.90. The first-order valence-electron chi connectivity index (χ1n) is 4.29. The first-order chi connectivity index (χ1) is 5.25. The highest BCUT2D eigenvalue weighted by Gasteiger charge is 2.26. The molecule has 1 aliphatic rings. The molecule has 3 heteroatoms. The predicted molar refractivity (Wildman–Crippen MR) is 44.9 cm³/mol. The quantitative estimate of drug-likeness (QED) is 0.465. The van der Waals surface area contributed by atoms with Gasteiger partial charge in [0, 0.05) is 18.6 Å². The molecular formula is C8H18N2O. The fourth-order valence-electron chi connectivity index (χ4n) is 1.71. The molecule has 3 N–H and O–H groups in total. The number of nitrogens with one attached hydrogen (secondary N) is 1. The molecule has 66 valence electrons. The molecular weight excluding hydrogens is 140 g/mol. The Balaban J connectivity index is 2.40. The highest BCUT2D eigenvalue weighted by atomic mass is 16.5. The summed E-state index contributed by atoms with van der Waals surface area (Å²) in [6.45, 7) is 6.13. The van der Waals surface area contributed by atoms with Crippen molar-refractivity contribution in [1.29, 1.82) is 0 Å². The Bertz CT molecular complexity index is 111. The van der Waals surface area contributed by atoms with Gasteiger partial charge in [-0.25, -0.2) is 0 Å². The van der Waals surface area contributed by atoms with Crippen LogP contribution in [0.5, 0.6) is 0 Å². The van der Waals surface area contributed by atoms with Crippen LogP contribution in [0.3, 0.4) is 0 Å². The number of rotatable bonds is 3. The Labute approximate surface area is 68.3 Å². The maximum Gasteiger partial charge on any atom is 0.0510 e. The van der Waals surface area contributed by atoms with Crippen LogP contribution in [0.2, 0.25) is 0 Å². The van der Waals surface area contributed by atoms with Gasteiger partial charge in [-0.1, -0.05) is 13.8 Å². The van der Waals surface area contributed by atoms with Crippen LogP contribution in [0.15, 0.2) is 0 Å². The topological polar surface area (TPSA) is 47.3 Å². The van der Waals surface area contributed by atoms with Crippen LogP contribution >= 0.6 is 0 Å². The van der Waals surface area contributed by atoms with Gasteiger partial charge in [0.2, 0.25) is 0 Å². The van der Waals surface area contributed by atoms with E-state index in [9.17, 15) is 0 Å². The molecule has 0 aromatic rings. The van der Waals surface area contributed by atoms with E-state index in [1.165, 1.54) is 0 Å². The summed E-state index contributed by atoms with van der Waals surface area (Å²) in [4.78, 5) is 0. The van der Waals surface area contributed by atoms with Crippen molar-refractivity contribution in [1.82, 2.24) is 5.43 Å². The van der Waals surface area contributed by atoms with Crippen LogP contribution in [0.1, 0.15) is 20.3 Å². The van der Waals surface area contributed by atoms with Crippen molar-refractivity contribution >= 4 is 0 Å². The van der Waals surface area contributed by atoms with Crippen molar-refractivity contribution in [2.24, 2.45) is 17.7 Å². The van der Waals surface area contributed by atoms with Crippen molar-refractivity contribution in [3.63, 3.8) is 0 Å². The van der Waals surface area contributed by atoms with Gasteiger partial charge in [0.05, 0.1) is 6.61 Å². The molecule has 1 fully saturated rings. The molecule has 0 aromatic heterocycles. The summed E-state index contributed by atoms with van der Waals surface area (Å²) in [5.74, 6) is 6.65. The average Bonchev–Trinajstić information content (AvgIpc) is 2.40. The smallest absolute Gasteiger partial charge is 0.0510 e. The number of nitrogens with two attached hydrogens (primary N) is 1. The second-order valence-electron chi connectivity index (χ2n) is 3.56. The van der Waals surface area contributed by atoms with Gasteiger partial charge in [0.1, 0.15) is 0 Å². The lowest BCUT2D eigenvalue weighted by Crippen LogP contribution is -2.44. The summed E-state index contributed by atoms with van der Waals surface area (Å²) in [7, 11) is 0. The third-order valence-corrected chi connectivity index (χ3v) is 2.38. The van der Waals surface area contributed by atoms with E-state index in [1.807, 2.05) is 0 Å². The number of hydrazine groups is 1. The van der Waals surface area contributed by atoms with Crippen molar-refractivity contribution < 1.29 is 4.74 Å². The number of hydrogen-bond donors (Lipinski definition) is 2. The minimum atomic E-state index is 0.414. The summed E-state index contributed by atoms with van der Waals surface area (Å²) in [6.07, 6.45) is 1.15. The van der Waals surface area contributed by atoms with E-state index in [4.69, 9.17) is 10.6 Å². The molecule has 1 saturated heterocycles. The zero-order valence-corrected chi connectivity index (χ0v) is 7.34. The SMILES string of the molecule is CC(C)C(NN)C1CCOC1. The Hall–Kier alpha value is -0.120. The van der Waals surface area contributed by atoms with E-state index in [2.05, 4.69) is 19.3 Å². The fraction of sp³-hybridized carbons (Fsp3) is 1.00. The van der Waals surface area contributed by atoms with Crippen LogP contribution < -0.4 is 11.3 Å². The molecule has 0 bridgehead atoms. The Kier molecular flexibility index (Phi) is 3.30. The van der Waals surface area contributed by atoms with Crippen LogP contribution in [0.25, 0.3) is 0 Å². The van der Waals surface area contributed by atoms with E-state index in [1.54, 1.807) is 0 Å². The standard InChI is InChI=1S/C8H18N2O/c1-6(2)8(10-9)7-3-4-11-5-7/h6-8,10H,3-5,9H2,1-2H3. The summed E-state index contributed by atoms with van der Waals surface area (Å²) in [5, 5.41) is 0. The van der Waals surface area contributed by atoms with Crippen LogP contribution in [0.4, 0.5) is 0 Å². The van der Waals surface area contributed by atoms with Crippen LogP contribution in [0, 0.1) is 11.8 Å². The predicted octanol–water partition coefficient (Wildman–Crippen LogP) is 0.511. The van der Waals surface area contributed by atoms with Crippen molar-refractivity contribution in [2.75, 3.05) is 13.2 Å². The van der Waals surface area contributed by atoms with E-state index in [0.717, 1.165) is 19.6 Å². The maximum absolute atomic E-state index is 5.45. The molecule has 0 spiro atoms. The molecule has 0 radical (unpaired) electrons. The molecule has 11 heavy (non-hydrogen) atoms. The molecule has 3 nitrogen and oxygen atoms in total. The van der Waals surface area contributed by atoms with Crippen LogP contribution in [-0.2, 0) is 4.74 Å². The molecule has 2 unspecified atom stereocenters. The van der Waals surface area contributed by atoms with Gasteiger partial charge in [-0.05, 0) is 12.3 Å². The molecule has 2 atom stereocenters. The highest BCUT2D eigenvalue weighted by Crippen LogP contribution is 2.20. The number of hydrogen-bond acceptors (Lipinski definition) is 3. The monoisotopic (exact) mass is 158 g/mol. The zero-order chi connectivity index (χ0) is 8.27. The Morgan fingerprint density at radius 2 is 2.27 bits per heavy atom. The average molecular weight is 158 g/mol. The summed E-state index contributed by atoms with van der Waals surface area (Å²) < 4.78 is 5.29. The first kappa shape index (κ1) is 8.97. The zero-order valence-electron chi connectivity index (χ0n) is 7.34. The lowest BCUT2D eigenvalue weighted by molar-refractivity contribution is 0.168. The molecule has 1 aliphatic heterocycles. The molecule has 1 rings (SSSR count). The molecule has 0 aromatic carbocycles. The second kappa shape index (κ2) is 4.04. The molecule has 0 saturated carbocycles. The van der Waals surface area contributed by atoms with Crippen LogP contribution in [-0.4, -0.2) is 19.3 Å². The third kappa shape index (κ3) is 2.15. The largest absolute Gasteiger partial charge is 0.381 e. The van der Waals surface area contributed by atoms with E-state index < -0.39 is 0 Å². The molecule has 0 amide bonds. The van der Waals surface area contributed by atoms with Gasteiger partial charge in [0.15, 0.2) is 0 Å². The first-order valence-corrected chi connectivity index (χ1v) is 4.29. The summed E-state index contributed by atoms with van der Waals surface area (Å²) >= 11 is 0. The third-order valence-electron chi connectivity index (χ3n) is 2.38. The van der Waals surface area contributed by atoms with Gasteiger partial charge in [0.25, 0.3) is 0 Å². The van der Waals surface area contributed by atoms with Crippen molar-refractivity contribution in [3.05, 3.63) is 0 Å². The van der Waals surface area contributed by atoms with Crippen molar-refractivity contribution in [2.45, 2.75) is 26.3 Å². The minimum Gasteiger partial charge on any atom is -0.381 e. The van der Waals surface area contributed by atoms with Gasteiger partial charge in [-0.2, -0.15) is 0 Å². The lowest BCUT2D eigenvalue weighted by Gasteiger charge is -2.24. The van der Waals surface area contributed by atoms with E-state index in [0.29, 0.717) is 17.9 Å². The van der Waals surface area contributed by atoms with Gasteiger partial charge >= 0.3 is 0 Å². The summed E-state index contributed by atoms with van der Waals surface area (Å²) in [5.41, 5.74) is 2.86. The van der Waals surface area contributed by atoms with Gasteiger partial charge in [-0.15, -0.1) is 0 Å². The van der Waals surface area contributed by atoms with E-state index in [-0.39, 0.29) is 0 Å². The van der Waals surface area contributed by atoms with E-state index >= 15 is 0 Å².